The van der Waals surface area contributed by atoms with Gasteiger partial charge in [0.25, 0.3) is 0 Å². The third-order valence-corrected chi connectivity index (χ3v) is 2.73. The van der Waals surface area contributed by atoms with E-state index in [0.29, 0.717) is 11.1 Å². The molecule has 0 unspecified atom stereocenters. The summed E-state index contributed by atoms with van der Waals surface area (Å²) in [4.78, 5) is 0. The molecule has 0 aliphatic heterocycles. The lowest BCUT2D eigenvalue weighted by molar-refractivity contribution is 0.572. The van der Waals surface area contributed by atoms with Crippen molar-refractivity contribution in [3.63, 3.8) is 0 Å². The number of aryl methyl sites for hydroxylation is 1. The van der Waals surface area contributed by atoms with Gasteiger partial charge >= 0.3 is 0 Å². The standard InChI is InChI=1S/C14H14FN3/c1-2-3-4-18-10-13(9-17-18)12-5-11(8-16)6-14(15)7-12/h5-7,9-10H,2-4H2,1H3. The van der Waals surface area contributed by atoms with Crippen molar-refractivity contribution in [3.8, 4) is 17.2 Å². The highest BCUT2D eigenvalue weighted by Gasteiger charge is 2.05. The molecule has 0 amide bonds. The molecule has 0 radical (unpaired) electrons. The summed E-state index contributed by atoms with van der Waals surface area (Å²) in [5.74, 6) is -0.398. The van der Waals surface area contributed by atoms with Crippen LogP contribution in [0.2, 0.25) is 0 Å². The van der Waals surface area contributed by atoms with Gasteiger partial charge in [-0.15, -0.1) is 0 Å². The molecule has 1 aromatic heterocycles. The summed E-state index contributed by atoms with van der Waals surface area (Å²) < 4.78 is 15.2. The van der Waals surface area contributed by atoms with Crippen LogP contribution in [0.1, 0.15) is 25.3 Å². The number of unbranched alkanes of at least 4 members (excludes halogenated alkanes) is 1. The molecule has 2 rings (SSSR count). The minimum atomic E-state index is -0.398. The summed E-state index contributed by atoms with van der Waals surface area (Å²) >= 11 is 0. The molecule has 0 saturated carbocycles. The maximum atomic E-state index is 13.3. The normalized spacial score (nSPS) is 10.3. The van der Waals surface area contributed by atoms with Gasteiger partial charge < -0.3 is 0 Å². The van der Waals surface area contributed by atoms with Crippen LogP contribution in [0.5, 0.6) is 0 Å². The molecule has 2 aromatic rings. The number of halogens is 1. The molecule has 0 aliphatic rings. The van der Waals surface area contributed by atoms with E-state index in [1.54, 1.807) is 12.3 Å². The molecule has 0 atom stereocenters. The smallest absolute Gasteiger partial charge is 0.125 e. The van der Waals surface area contributed by atoms with Crippen molar-refractivity contribution in [2.24, 2.45) is 0 Å². The second-order valence-electron chi connectivity index (χ2n) is 4.19. The van der Waals surface area contributed by atoms with Gasteiger partial charge in [0.1, 0.15) is 5.82 Å². The number of benzene rings is 1. The SMILES string of the molecule is CCCCn1cc(-c2cc(F)cc(C#N)c2)cn1. The van der Waals surface area contributed by atoms with E-state index in [9.17, 15) is 4.39 Å². The van der Waals surface area contributed by atoms with Crippen LogP contribution in [0.3, 0.4) is 0 Å². The summed E-state index contributed by atoms with van der Waals surface area (Å²) in [6, 6.07) is 6.27. The van der Waals surface area contributed by atoms with E-state index in [1.165, 1.54) is 12.1 Å². The van der Waals surface area contributed by atoms with Crippen molar-refractivity contribution >= 4 is 0 Å². The summed E-state index contributed by atoms with van der Waals surface area (Å²) in [7, 11) is 0. The average Bonchev–Trinajstić information content (AvgIpc) is 2.84. The molecule has 0 saturated heterocycles. The molecule has 4 heteroatoms. The van der Waals surface area contributed by atoms with Crippen LogP contribution in [-0.4, -0.2) is 9.78 Å². The molecule has 0 spiro atoms. The Balaban J connectivity index is 2.28. The first-order chi connectivity index (χ1) is 8.72. The number of hydrogen-bond donors (Lipinski definition) is 0. The van der Waals surface area contributed by atoms with Gasteiger partial charge in [0.2, 0.25) is 0 Å². The average molecular weight is 243 g/mol. The Hall–Kier alpha value is -2.15. The highest BCUT2D eigenvalue weighted by Crippen LogP contribution is 2.21. The number of rotatable bonds is 4. The van der Waals surface area contributed by atoms with Crippen LogP contribution >= 0.6 is 0 Å². The molecular formula is C14H14FN3. The highest BCUT2D eigenvalue weighted by atomic mass is 19.1. The highest BCUT2D eigenvalue weighted by molar-refractivity contribution is 5.63. The number of nitriles is 1. The fourth-order valence-corrected chi connectivity index (χ4v) is 1.78. The third-order valence-electron chi connectivity index (χ3n) is 2.73. The van der Waals surface area contributed by atoms with Crippen molar-refractivity contribution in [2.75, 3.05) is 0 Å². The maximum Gasteiger partial charge on any atom is 0.125 e. The molecule has 92 valence electrons. The van der Waals surface area contributed by atoms with E-state index in [-0.39, 0.29) is 0 Å². The molecule has 1 aromatic carbocycles. The van der Waals surface area contributed by atoms with E-state index in [0.717, 1.165) is 24.9 Å². The van der Waals surface area contributed by atoms with E-state index < -0.39 is 5.82 Å². The van der Waals surface area contributed by atoms with Crippen LogP contribution in [0.4, 0.5) is 4.39 Å². The lowest BCUT2D eigenvalue weighted by Crippen LogP contribution is -1.96. The zero-order valence-corrected chi connectivity index (χ0v) is 10.2. The first-order valence-electron chi connectivity index (χ1n) is 5.96. The van der Waals surface area contributed by atoms with Gasteiger partial charge in [-0.05, 0) is 30.2 Å². The molecule has 0 aliphatic carbocycles. The molecule has 0 N–H and O–H groups in total. The number of nitrogens with zero attached hydrogens (tertiary/aromatic N) is 3. The predicted molar refractivity (Wildman–Crippen MR) is 67.2 cm³/mol. The third kappa shape index (κ3) is 2.75. The van der Waals surface area contributed by atoms with Gasteiger partial charge in [0.05, 0.1) is 17.8 Å². The Morgan fingerprint density at radius 1 is 1.33 bits per heavy atom. The first kappa shape index (κ1) is 12.3. The quantitative estimate of drug-likeness (QED) is 0.826. The Morgan fingerprint density at radius 2 is 2.17 bits per heavy atom. The first-order valence-corrected chi connectivity index (χ1v) is 5.96. The minimum Gasteiger partial charge on any atom is -0.272 e. The second-order valence-corrected chi connectivity index (χ2v) is 4.19. The Morgan fingerprint density at radius 3 is 2.89 bits per heavy atom. The van der Waals surface area contributed by atoms with Crippen LogP contribution in [-0.2, 0) is 6.54 Å². The largest absolute Gasteiger partial charge is 0.272 e. The monoisotopic (exact) mass is 243 g/mol. The van der Waals surface area contributed by atoms with Gasteiger partial charge in [0.15, 0.2) is 0 Å². The lowest BCUT2D eigenvalue weighted by atomic mass is 10.1. The number of hydrogen-bond acceptors (Lipinski definition) is 2. The topological polar surface area (TPSA) is 41.6 Å². The van der Waals surface area contributed by atoms with Gasteiger partial charge in [-0.2, -0.15) is 10.4 Å². The van der Waals surface area contributed by atoms with Gasteiger partial charge in [-0.1, -0.05) is 13.3 Å². The molecule has 18 heavy (non-hydrogen) atoms. The van der Waals surface area contributed by atoms with E-state index >= 15 is 0 Å². The van der Waals surface area contributed by atoms with E-state index in [2.05, 4.69) is 12.0 Å². The molecule has 3 nitrogen and oxygen atoms in total. The van der Waals surface area contributed by atoms with Crippen molar-refractivity contribution in [2.45, 2.75) is 26.3 Å². The number of aromatic nitrogens is 2. The molecule has 1 heterocycles. The maximum absolute atomic E-state index is 13.3. The summed E-state index contributed by atoms with van der Waals surface area (Å²) in [5, 5.41) is 13.0. The zero-order chi connectivity index (χ0) is 13.0. The summed E-state index contributed by atoms with van der Waals surface area (Å²) in [5.41, 5.74) is 1.85. The van der Waals surface area contributed by atoms with E-state index in [4.69, 9.17) is 5.26 Å². The van der Waals surface area contributed by atoms with Crippen LogP contribution in [0.25, 0.3) is 11.1 Å². The zero-order valence-electron chi connectivity index (χ0n) is 10.2. The van der Waals surface area contributed by atoms with Crippen LogP contribution in [0, 0.1) is 17.1 Å². The van der Waals surface area contributed by atoms with Crippen LogP contribution < -0.4 is 0 Å². The van der Waals surface area contributed by atoms with Crippen molar-refractivity contribution < 1.29 is 4.39 Å². The fraction of sp³-hybridized carbons (Fsp3) is 0.286. The lowest BCUT2D eigenvalue weighted by Gasteiger charge is -2.00. The van der Waals surface area contributed by atoms with Gasteiger partial charge in [0, 0.05) is 18.3 Å². The summed E-state index contributed by atoms with van der Waals surface area (Å²) in [6.45, 7) is 2.98. The minimum absolute atomic E-state index is 0.325. The predicted octanol–water partition coefficient (Wildman–Crippen LogP) is 3.36. The second kappa shape index (κ2) is 5.46. The van der Waals surface area contributed by atoms with Gasteiger partial charge in [-0.25, -0.2) is 4.39 Å². The van der Waals surface area contributed by atoms with Crippen molar-refractivity contribution in [3.05, 3.63) is 42.0 Å². The molecular weight excluding hydrogens is 229 g/mol. The molecule has 0 bridgehead atoms. The van der Waals surface area contributed by atoms with Gasteiger partial charge in [-0.3, -0.25) is 4.68 Å². The summed E-state index contributed by atoms with van der Waals surface area (Å²) in [6.07, 6.45) is 5.75. The van der Waals surface area contributed by atoms with E-state index in [1.807, 2.05) is 16.9 Å². The Labute approximate surface area is 105 Å². The fourth-order valence-electron chi connectivity index (χ4n) is 1.78. The molecule has 0 fully saturated rings. The Kier molecular flexibility index (Phi) is 3.73. The van der Waals surface area contributed by atoms with Crippen LogP contribution in [0.15, 0.2) is 30.6 Å². The Bertz CT molecular complexity index is 581. The van der Waals surface area contributed by atoms with Crippen molar-refractivity contribution in [1.82, 2.24) is 9.78 Å². The van der Waals surface area contributed by atoms with Crippen molar-refractivity contribution in [1.29, 1.82) is 5.26 Å².